The lowest BCUT2D eigenvalue weighted by atomic mass is 9.80. The zero-order valence-electron chi connectivity index (χ0n) is 12.8. The molecule has 0 spiro atoms. The van der Waals surface area contributed by atoms with Crippen LogP contribution < -0.4 is 5.32 Å². The molecule has 3 nitrogen and oxygen atoms in total. The molecule has 20 heavy (non-hydrogen) atoms. The molecule has 108 valence electrons. The van der Waals surface area contributed by atoms with Crippen LogP contribution in [0.1, 0.15) is 38.9 Å². The van der Waals surface area contributed by atoms with Gasteiger partial charge in [-0.15, -0.1) is 0 Å². The fourth-order valence-corrected chi connectivity index (χ4v) is 3.70. The normalized spacial score (nSPS) is 27.1. The Kier molecular flexibility index (Phi) is 3.79. The topological polar surface area (TPSA) is 29.9 Å². The van der Waals surface area contributed by atoms with Crippen molar-refractivity contribution in [3.05, 3.63) is 30.1 Å². The zero-order valence-corrected chi connectivity index (χ0v) is 12.8. The molecule has 0 aliphatic heterocycles. The third-order valence-corrected chi connectivity index (χ3v) is 4.61. The molecule has 1 N–H and O–H groups in total. The predicted octanol–water partition coefficient (Wildman–Crippen LogP) is 3.49. The van der Waals surface area contributed by atoms with Gasteiger partial charge in [0.1, 0.15) is 5.82 Å². The molecule has 2 aromatic rings. The Morgan fingerprint density at radius 3 is 2.55 bits per heavy atom. The van der Waals surface area contributed by atoms with Gasteiger partial charge in [0.2, 0.25) is 0 Å². The molecular formula is C17H25N3. The minimum absolute atomic E-state index is 0.647. The Labute approximate surface area is 121 Å². The number of nitrogens with zero attached hydrogens (tertiary/aromatic N) is 2. The highest BCUT2D eigenvalue weighted by Gasteiger charge is 2.23. The van der Waals surface area contributed by atoms with Gasteiger partial charge in [-0.3, -0.25) is 0 Å². The van der Waals surface area contributed by atoms with Gasteiger partial charge in [-0.25, -0.2) is 4.98 Å². The fraction of sp³-hybridized carbons (Fsp3) is 0.588. The van der Waals surface area contributed by atoms with E-state index >= 15 is 0 Å². The molecule has 1 aliphatic carbocycles. The number of rotatable bonds is 3. The van der Waals surface area contributed by atoms with Gasteiger partial charge in [0.15, 0.2) is 0 Å². The Bertz CT molecular complexity index is 577. The van der Waals surface area contributed by atoms with Gasteiger partial charge in [0.05, 0.1) is 17.6 Å². The lowest BCUT2D eigenvalue weighted by molar-refractivity contribution is 0.237. The fourth-order valence-electron chi connectivity index (χ4n) is 3.70. The number of hydrogen-bond donors (Lipinski definition) is 1. The Morgan fingerprint density at radius 2 is 1.85 bits per heavy atom. The minimum Gasteiger partial charge on any atom is -0.330 e. The smallest absolute Gasteiger partial charge is 0.123 e. The minimum atomic E-state index is 0.647. The van der Waals surface area contributed by atoms with Crippen molar-refractivity contribution in [1.29, 1.82) is 0 Å². The van der Waals surface area contributed by atoms with Crippen LogP contribution >= 0.6 is 0 Å². The molecule has 0 bridgehead atoms. The lowest BCUT2D eigenvalue weighted by Gasteiger charge is -2.32. The molecule has 3 rings (SSSR count). The number of hydrogen-bond acceptors (Lipinski definition) is 2. The maximum atomic E-state index is 4.74. The van der Waals surface area contributed by atoms with Crippen LogP contribution in [0.15, 0.2) is 24.3 Å². The summed E-state index contributed by atoms with van der Waals surface area (Å²) >= 11 is 0. The number of aryl methyl sites for hydroxylation is 1. The molecule has 1 saturated carbocycles. The van der Waals surface area contributed by atoms with Crippen molar-refractivity contribution in [2.24, 2.45) is 18.9 Å². The first-order valence-corrected chi connectivity index (χ1v) is 7.77. The highest BCUT2D eigenvalue weighted by molar-refractivity contribution is 5.75. The van der Waals surface area contributed by atoms with Crippen molar-refractivity contribution in [2.45, 2.75) is 45.7 Å². The number of para-hydroxylation sites is 2. The van der Waals surface area contributed by atoms with Crippen LogP contribution in [0.3, 0.4) is 0 Å². The first-order valence-electron chi connectivity index (χ1n) is 7.77. The van der Waals surface area contributed by atoms with E-state index in [1.54, 1.807) is 0 Å². The van der Waals surface area contributed by atoms with Gasteiger partial charge in [-0.2, -0.15) is 0 Å². The number of imidazole rings is 1. The molecule has 1 fully saturated rings. The third kappa shape index (κ3) is 2.73. The summed E-state index contributed by atoms with van der Waals surface area (Å²) in [7, 11) is 2.11. The summed E-state index contributed by atoms with van der Waals surface area (Å²) in [5.41, 5.74) is 2.31. The van der Waals surface area contributed by atoms with Gasteiger partial charge in [0.25, 0.3) is 0 Å². The van der Waals surface area contributed by atoms with Crippen molar-refractivity contribution in [3.8, 4) is 0 Å². The average molecular weight is 271 g/mol. The van der Waals surface area contributed by atoms with Gasteiger partial charge in [0, 0.05) is 13.1 Å². The van der Waals surface area contributed by atoms with Crippen LogP contribution in [0.2, 0.25) is 0 Å². The molecule has 1 heterocycles. The van der Waals surface area contributed by atoms with Crippen LogP contribution in [0.25, 0.3) is 11.0 Å². The summed E-state index contributed by atoms with van der Waals surface area (Å²) in [4.78, 5) is 4.74. The summed E-state index contributed by atoms with van der Waals surface area (Å²) in [6, 6.07) is 9.00. The van der Waals surface area contributed by atoms with Crippen LogP contribution in [0.4, 0.5) is 0 Å². The summed E-state index contributed by atoms with van der Waals surface area (Å²) in [5.74, 6) is 2.82. The number of benzene rings is 1. The largest absolute Gasteiger partial charge is 0.330 e. The van der Waals surface area contributed by atoms with Crippen molar-refractivity contribution in [3.63, 3.8) is 0 Å². The second kappa shape index (κ2) is 5.57. The standard InChI is InChI=1S/C17H25N3/c1-12-8-13(2)10-14(9-12)18-11-17-19-15-6-4-5-7-16(15)20(17)3/h4-7,12-14,18H,8-11H2,1-3H3. The molecule has 1 aromatic heterocycles. The van der Waals surface area contributed by atoms with Gasteiger partial charge in [-0.1, -0.05) is 26.0 Å². The van der Waals surface area contributed by atoms with Crippen LogP contribution in [-0.2, 0) is 13.6 Å². The molecule has 0 radical (unpaired) electrons. The van der Waals surface area contributed by atoms with Crippen molar-refractivity contribution in [1.82, 2.24) is 14.9 Å². The quantitative estimate of drug-likeness (QED) is 0.926. The van der Waals surface area contributed by atoms with E-state index in [1.165, 1.54) is 24.8 Å². The van der Waals surface area contributed by atoms with Gasteiger partial charge >= 0.3 is 0 Å². The first-order chi connectivity index (χ1) is 9.63. The van der Waals surface area contributed by atoms with E-state index in [4.69, 9.17) is 4.98 Å². The monoisotopic (exact) mass is 271 g/mol. The molecule has 0 amide bonds. The summed E-state index contributed by atoms with van der Waals surface area (Å²) < 4.78 is 2.21. The van der Waals surface area contributed by atoms with E-state index in [1.807, 2.05) is 0 Å². The van der Waals surface area contributed by atoms with Gasteiger partial charge < -0.3 is 9.88 Å². The number of nitrogens with one attached hydrogen (secondary N) is 1. The zero-order chi connectivity index (χ0) is 14.1. The molecule has 1 aromatic carbocycles. The maximum absolute atomic E-state index is 4.74. The Balaban J connectivity index is 1.69. The van der Waals surface area contributed by atoms with E-state index in [0.29, 0.717) is 6.04 Å². The lowest BCUT2D eigenvalue weighted by Crippen LogP contribution is -2.36. The van der Waals surface area contributed by atoms with E-state index < -0.39 is 0 Å². The van der Waals surface area contributed by atoms with Crippen LogP contribution in [0, 0.1) is 11.8 Å². The molecular weight excluding hydrogens is 246 g/mol. The third-order valence-electron chi connectivity index (χ3n) is 4.61. The van der Waals surface area contributed by atoms with E-state index in [-0.39, 0.29) is 0 Å². The van der Waals surface area contributed by atoms with Crippen molar-refractivity contribution in [2.75, 3.05) is 0 Å². The molecule has 1 aliphatic rings. The highest BCUT2D eigenvalue weighted by atomic mass is 15.1. The molecule has 2 atom stereocenters. The number of fused-ring (bicyclic) bond motifs is 1. The Morgan fingerprint density at radius 1 is 1.15 bits per heavy atom. The first kappa shape index (κ1) is 13.6. The maximum Gasteiger partial charge on any atom is 0.123 e. The van der Waals surface area contributed by atoms with Crippen molar-refractivity contribution < 1.29 is 0 Å². The van der Waals surface area contributed by atoms with Crippen LogP contribution in [0.5, 0.6) is 0 Å². The van der Waals surface area contributed by atoms with Crippen LogP contribution in [-0.4, -0.2) is 15.6 Å². The van der Waals surface area contributed by atoms with E-state index in [9.17, 15) is 0 Å². The molecule has 2 unspecified atom stereocenters. The second-order valence-corrected chi connectivity index (χ2v) is 6.57. The van der Waals surface area contributed by atoms with Gasteiger partial charge in [-0.05, 0) is 43.2 Å². The summed E-state index contributed by atoms with van der Waals surface area (Å²) in [6.45, 7) is 5.62. The van der Waals surface area contributed by atoms with E-state index in [0.717, 1.165) is 29.7 Å². The van der Waals surface area contributed by atoms with E-state index in [2.05, 4.69) is 55.0 Å². The SMILES string of the molecule is CC1CC(C)CC(NCc2nc3ccccc3n2C)C1. The average Bonchev–Trinajstić information content (AvgIpc) is 2.73. The predicted molar refractivity (Wildman–Crippen MR) is 83.5 cm³/mol. The second-order valence-electron chi connectivity index (χ2n) is 6.57. The summed E-state index contributed by atoms with van der Waals surface area (Å²) in [5, 5.41) is 3.72. The highest BCUT2D eigenvalue weighted by Crippen LogP contribution is 2.28. The number of aromatic nitrogens is 2. The van der Waals surface area contributed by atoms with Crippen molar-refractivity contribution >= 4 is 11.0 Å². The molecule has 3 heteroatoms. The molecule has 0 saturated heterocycles. The Hall–Kier alpha value is -1.35. The summed E-state index contributed by atoms with van der Waals surface area (Å²) in [6.07, 6.45) is 3.98.